The quantitative estimate of drug-likeness (QED) is 0.613. The Morgan fingerprint density at radius 1 is 1.00 bits per heavy atom. The minimum absolute atomic E-state index is 0.119. The van der Waals surface area contributed by atoms with Gasteiger partial charge in [0.1, 0.15) is 5.75 Å². The molecule has 0 radical (unpaired) electrons. The molecule has 0 saturated carbocycles. The van der Waals surface area contributed by atoms with E-state index in [4.69, 9.17) is 4.74 Å². The lowest BCUT2D eigenvalue weighted by atomic mass is 9.97. The van der Waals surface area contributed by atoms with E-state index in [2.05, 4.69) is 16.0 Å². The average molecular weight is 450 g/mol. The monoisotopic (exact) mass is 450 g/mol. The van der Waals surface area contributed by atoms with Crippen molar-refractivity contribution in [2.45, 2.75) is 19.0 Å². The number of halogens is 3. The van der Waals surface area contributed by atoms with Crippen LogP contribution in [-0.2, 0) is 6.18 Å². The van der Waals surface area contributed by atoms with Gasteiger partial charge in [-0.2, -0.15) is 13.2 Å². The van der Waals surface area contributed by atoms with E-state index in [1.807, 2.05) is 6.07 Å². The number of methoxy groups -OCH3 is 1. The third kappa shape index (κ3) is 6.05. The van der Waals surface area contributed by atoms with Crippen LogP contribution in [0.25, 0.3) is 0 Å². The van der Waals surface area contributed by atoms with Crippen LogP contribution in [-0.4, -0.2) is 43.7 Å². The number of piperidine rings is 1. The Bertz CT molecular complexity index is 944. The molecule has 1 fully saturated rings. The summed E-state index contributed by atoms with van der Waals surface area (Å²) in [7, 11) is 1.53. The average Bonchev–Trinajstić information content (AvgIpc) is 2.78. The molecule has 1 saturated heterocycles. The molecule has 4 amide bonds. The molecule has 0 aromatic heterocycles. The van der Waals surface area contributed by atoms with Crippen molar-refractivity contribution in [3.8, 4) is 5.75 Å². The Kier molecular flexibility index (Phi) is 7.45. The van der Waals surface area contributed by atoms with Crippen molar-refractivity contribution in [3.05, 3.63) is 54.1 Å². The predicted octanol–water partition coefficient (Wildman–Crippen LogP) is 4.78. The summed E-state index contributed by atoms with van der Waals surface area (Å²) in [5.41, 5.74) is -0.607. The smallest absolute Gasteiger partial charge is 0.418 e. The van der Waals surface area contributed by atoms with Gasteiger partial charge in [0.05, 0.1) is 24.0 Å². The van der Waals surface area contributed by atoms with Crippen LogP contribution in [0.3, 0.4) is 0 Å². The molecule has 0 unspecified atom stereocenters. The number of nitrogens with zero attached hydrogens (tertiary/aromatic N) is 1. The van der Waals surface area contributed by atoms with E-state index in [1.165, 1.54) is 25.3 Å². The number of anilines is 2. The maximum atomic E-state index is 13.0. The fourth-order valence-corrected chi connectivity index (χ4v) is 3.53. The number of hydrogen-bond donors (Lipinski definition) is 3. The molecule has 1 heterocycles. The summed E-state index contributed by atoms with van der Waals surface area (Å²) in [6.07, 6.45) is -3.22. The first-order valence-corrected chi connectivity index (χ1v) is 10.2. The first kappa shape index (κ1) is 23.2. The molecule has 0 bridgehead atoms. The van der Waals surface area contributed by atoms with Crippen LogP contribution >= 0.6 is 0 Å². The van der Waals surface area contributed by atoms with E-state index >= 15 is 0 Å². The van der Waals surface area contributed by atoms with Gasteiger partial charge in [-0.1, -0.05) is 24.3 Å². The summed E-state index contributed by atoms with van der Waals surface area (Å²) >= 11 is 0. The number of amides is 4. The second-order valence-corrected chi connectivity index (χ2v) is 7.44. The number of ether oxygens (including phenoxy) is 1. The molecular weight excluding hydrogens is 425 g/mol. The molecule has 2 aromatic rings. The second kappa shape index (κ2) is 10.3. The van der Waals surface area contributed by atoms with Gasteiger partial charge in [-0.15, -0.1) is 0 Å². The van der Waals surface area contributed by atoms with Crippen LogP contribution in [0.2, 0.25) is 0 Å². The van der Waals surface area contributed by atoms with Gasteiger partial charge in [0.2, 0.25) is 0 Å². The highest BCUT2D eigenvalue weighted by molar-refractivity contribution is 5.91. The van der Waals surface area contributed by atoms with E-state index < -0.39 is 17.8 Å². The van der Waals surface area contributed by atoms with E-state index in [1.54, 1.807) is 23.1 Å². The zero-order valence-electron chi connectivity index (χ0n) is 17.5. The number of rotatable bonds is 5. The number of hydrogen-bond acceptors (Lipinski definition) is 3. The number of likely N-dealkylation sites (tertiary alicyclic amines) is 1. The van der Waals surface area contributed by atoms with Crippen molar-refractivity contribution < 1.29 is 27.5 Å². The van der Waals surface area contributed by atoms with Crippen LogP contribution < -0.4 is 20.7 Å². The van der Waals surface area contributed by atoms with Crippen LogP contribution in [0, 0.1) is 5.92 Å². The number of carbonyl (C=O) groups excluding carboxylic acids is 2. The zero-order valence-corrected chi connectivity index (χ0v) is 17.5. The zero-order chi connectivity index (χ0) is 23.1. The highest BCUT2D eigenvalue weighted by Gasteiger charge is 2.33. The van der Waals surface area contributed by atoms with Crippen molar-refractivity contribution in [2.24, 2.45) is 5.92 Å². The summed E-state index contributed by atoms with van der Waals surface area (Å²) in [5.74, 6) is 0.687. The van der Waals surface area contributed by atoms with Gasteiger partial charge in [-0.25, -0.2) is 9.59 Å². The van der Waals surface area contributed by atoms with Crippen LogP contribution in [0.1, 0.15) is 18.4 Å². The van der Waals surface area contributed by atoms with Gasteiger partial charge in [0.15, 0.2) is 0 Å². The number of carbonyl (C=O) groups is 2. The van der Waals surface area contributed by atoms with Crippen LogP contribution in [0.15, 0.2) is 48.5 Å². The topological polar surface area (TPSA) is 82.7 Å². The summed E-state index contributed by atoms with van der Waals surface area (Å²) in [6.45, 7) is 1.32. The van der Waals surface area contributed by atoms with Gasteiger partial charge in [-0.3, -0.25) is 0 Å². The second-order valence-electron chi connectivity index (χ2n) is 7.44. The summed E-state index contributed by atoms with van der Waals surface area (Å²) in [5, 5.41) is 7.72. The van der Waals surface area contributed by atoms with Crippen molar-refractivity contribution in [1.82, 2.24) is 10.2 Å². The Labute approximate surface area is 183 Å². The summed E-state index contributed by atoms with van der Waals surface area (Å²) < 4.78 is 44.4. The highest BCUT2D eigenvalue weighted by Crippen LogP contribution is 2.34. The van der Waals surface area contributed by atoms with E-state index in [0.29, 0.717) is 43.9 Å². The molecular formula is C22H25F3N4O3. The molecule has 172 valence electrons. The van der Waals surface area contributed by atoms with E-state index in [9.17, 15) is 22.8 Å². The largest absolute Gasteiger partial charge is 0.495 e. The first-order valence-electron chi connectivity index (χ1n) is 10.2. The number of alkyl halides is 3. The molecule has 3 N–H and O–H groups in total. The fraction of sp³-hybridized carbons (Fsp3) is 0.364. The Morgan fingerprint density at radius 2 is 1.62 bits per heavy atom. The molecule has 0 aliphatic carbocycles. The predicted molar refractivity (Wildman–Crippen MR) is 115 cm³/mol. The molecule has 0 atom stereocenters. The Morgan fingerprint density at radius 3 is 2.28 bits per heavy atom. The van der Waals surface area contributed by atoms with Gasteiger partial charge in [-0.05, 0) is 43.0 Å². The molecule has 0 spiro atoms. The SMILES string of the molecule is COc1ccccc1NC(=O)N1CCC(CNC(=O)Nc2ccccc2C(F)(F)F)CC1. The molecule has 1 aliphatic heterocycles. The number of para-hydroxylation sites is 3. The molecule has 32 heavy (non-hydrogen) atoms. The maximum Gasteiger partial charge on any atom is 0.418 e. The van der Waals surface area contributed by atoms with Crippen LogP contribution in [0.5, 0.6) is 5.75 Å². The minimum Gasteiger partial charge on any atom is -0.495 e. The van der Waals surface area contributed by atoms with Gasteiger partial charge in [0.25, 0.3) is 0 Å². The third-order valence-electron chi connectivity index (χ3n) is 5.28. The lowest BCUT2D eigenvalue weighted by molar-refractivity contribution is -0.136. The standard InChI is InChI=1S/C22H25F3N4O3/c1-32-19-9-5-4-8-18(19)28-21(31)29-12-10-15(11-13-29)14-26-20(30)27-17-7-3-2-6-16(17)22(23,24)25/h2-9,15H,10-14H2,1H3,(H,28,31)(H2,26,27,30). The molecule has 10 heteroatoms. The Balaban J connectivity index is 1.44. The minimum atomic E-state index is -4.55. The molecule has 1 aliphatic rings. The van der Waals surface area contributed by atoms with Gasteiger partial charge >= 0.3 is 18.2 Å². The maximum absolute atomic E-state index is 13.0. The fourth-order valence-electron chi connectivity index (χ4n) is 3.53. The molecule has 7 nitrogen and oxygen atoms in total. The van der Waals surface area contributed by atoms with E-state index in [0.717, 1.165) is 6.07 Å². The Hall–Kier alpha value is -3.43. The van der Waals surface area contributed by atoms with Crippen molar-refractivity contribution >= 4 is 23.4 Å². The van der Waals surface area contributed by atoms with Gasteiger partial charge < -0.3 is 25.6 Å². The number of urea groups is 2. The molecule has 3 rings (SSSR count). The number of nitrogens with one attached hydrogen (secondary N) is 3. The van der Waals surface area contributed by atoms with Gasteiger partial charge in [0, 0.05) is 19.6 Å². The third-order valence-corrected chi connectivity index (χ3v) is 5.28. The van der Waals surface area contributed by atoms with Crippen molar-refractivity contribution in [2.75, 3.05) is 37.4 Å². The van der Waals surface area contributed by atoms with Crippen molar-refractivity contribution in [3.63, 3.8) is 0 Å². The van der Waals surface area contributed by atoms with Crippen molar-refractivity contribution in [1.29, 1.82) is 0 Å². The lowest BCUT2D eigenvalue weighted by Crippen LogP contribution is -2.43. The number of benzene rings is 2. The lowest BCUT2D eigenvalue weighted by Gasteiger charge is -2.32. The molecule has 2 aromatic carbocycles. The van der Waals surface area contributed by atoms with Crippen LogP contribution in [0.4, 0.5) is 34.1 Å². The summed E-state index contributed by atoms with van der Waals surface area (Å²) in [6, 6.07) is 11.0. The normalized spacial score (nSPS) is 14.6. The van der Waals surface area contributed by atoms with E-state index in [-0.39, 0.29) is 17.6 Å². The highest BCUT2D eigenvalue weighted by atomic mass is 19.4. The summed E-state index contributed by atoms with van der Waals surface area (Å²) in [4.78, 5) is 26.3. The first-order chi connectivity index (χ1) is 15.3.